The molecule has 0 amide bonds. The molecule has 0 heterocycles. The van der Waals surface area contributed by atoms with Crippen LogP contribution in [0.1, 0.15) is 19.8 Å². The van der Waals surface area contributed by atoms with Crippen molar-refractivity contribution >= 4 is 11.9 Å². The highest BCUT2D eigenvalue weighted by molar-refractivity contribution is 5.91. The summed E-state index contributed by atoms with van der Waals surface area (Å²) in [6.07, 6.45) is 1.52. The fraction of sp³-hybridized carbons (Fsp3) is 0.429. The van der Waals surface area contributed by atoms with Gasteiger partial charge in [-0.05, 0) is 6.42 Å². The molecule has 0 unspecified atom stereocenters. The number of hydrogen-bond donors (Lipinski definition) is 2. The van der Waals surface area contributed by atoms with Crippen LogP contribution in [0.25, 0.3) is 0 Å². The largest absolute Gasteiger partial charge is 0.481 e. The summed E-state index contributed by atoms with van der Waals surface area (Å²) >= 11 is 0. The van der Waals surface area contributed by atoms with Crippen molar-refractivity contribution < 1.29 is 19.8 Å². The van der Waals surface area contributed by atoms with Crippen LogP contribution in [0.2, 0.25) is 0 Å². The molecule has 0 aromatic heterocycles. The summed E-state index contributed by atoms with van der Waals surface area (Å²) in [6, 6.07) is 0. The van der Waals surface area contributed by atoms with E-state index in [0.717, 1.165) is 0 Å². The van der Waals surface area contributed by atoms with E-state index in [1.165, 1.54) is 6.08 Å². The van der Waals surface area contributed by atoms with Gasteiger partial charge in [0.1, 0.15) is 0 Å². The van der Waals surface area contributed by atoms with Gasteiger partial charge < -0.3 is 10.2 Å². The first-order valence-corrected chi connectivity index (χ1v) is 3.22. The van der Waals surface area contributed by atoms with Gasteiger partial charge in [-0.1, -0.05) is 13.0 Å². The highest BCUT2D eigenvalue weighted by atomic mass is 16.4. The molecule has 0 rings (SSSR count). The van der Waals surface area contributed by atoms with E-state index < -0.39 is 18.4 Å². The number of carbonyl (C=O) groups is 2. The second kappa shape index (κ2) is 4.49. The highest BCUT2D eigenvalue weighted by Crippen LogP contribution is 2.02. The minimum absolute atomic E-state index is 0.0556. The Morgan fingerprint density at radius 2 is 1.91 bits per heavy atom. The lowest BCUT2D eigenvalue weighted by molar-refractivity contribution is -0.139. The Bertz CT molecular complexity index is 193. The van der Waals surface area contributed by atoms with E-state index in [2.05, 4.69) is 0 Å². The van der Waals surface area contributed by atoms with Gasteiger partial charge in [0.25, 0.3) is 0 Å². The molecule has 0 aliphatic rings. The van der Waals surface area contributed by atoms with Gasteiger partial charge in [-0.2, -0.15) is 0 Å². The Balaban J connectivity index is 4.23. The van der Waals surface area contributed by atoms with Crippen LogP contribution < -0.4 is 0 Å². The molecular formula is C7H10O4. The van der Waals surface area contributed by atoms with Crippen LogP contribution in [-0.2, 0) is 9.59 Å². The van der Waals surface area contributed by atoms with E-state index in [0.29, 0.717) is 6.42 Å². The van der Waals surface area contributed by atoms with Crippen molar-refractivity contribution in [3.8, 4) is 0 Å². The number of rotatable bonds is 4. The van der Waals surface area contributed by atoms with Crippen LogP contribution in [0, 0.1) is 0 Å². The Morgan fingerprint density at radius 3 is 2.18 bits per heavy atom. The number of aliphatic carboxylic acids is 2. The van der Waals surface area contributed by atoms with Crippen molar-refractivity contribution in [2.45, 2.75) is 19.8 Å². The zero-order valence-corrected chi connectivity index (χ0v) is 6.20. The summed E-state index contributed by atoms with van der Waals surface area (Å²) in [5.41, 5.74) is -0.0556. The van der Waals surface area contributed by atoms with Crippen molar-refractivity contribution in [2.24, 2.45) is 0 Å². The quantitative estimate of drug-likeness (QED) is 0.595. The smallest absolute Gasteiger partial charge is 0.331 e. The topological polar surface area (TPSA) is 74.6 Å². The van der Waals surface area contributed by atoms with Gasteiger partial charge in [-0.15, -0.1) is 0 Å². The predicted molar refractivity (Wildman–Crippen MR) is 38.3 cm³/mol. The van der Waals surface area contributed by atoms with Crippen LogP contribution in [0.5, 0.6) is 0 Å². The lowest BCUT2D eigenvalue weighted by Crippen LogP contribution is -2.06. The van der Waals surface area contributed by atoms with Gasteiger partial charge in [0.2, 0.25) is 0 Å². The second-order valence-electron chi connectivity index (χ2n) is 2.01. The van der Waals surface area contributed by atoms with Gasteiger partial charge in [0.15, 0.2) is 0 Å². The molecular weight excluding hydrogens is 148 g/mol. The molecule has 4 nitrogen and oxygen atoms in total. The molecule has 62 valence electrons. The maximum atomic E-state index is 10.3. The Hall–Kier alpha value is -1.32. The zero-order valence-electron chi connectivity index (χ0n) is 6.20. The minimum atomic E-state index is -1.16. The lowest BCUT2D eigenvalue weighted by atomic mass is 10.1. The van der Waals surface area contributed by atoms with E-state index in [9.17, 15) is 9.59 Å². The van der Waals surface area contributed by atoms with Crippen LogP contribution in [0.3, 0.4) is 0 Å². The molecule has 0 radical (unpaired) electrons. The second-order valence-corrected chi connectivity index (χ2v) is 2.01. The Labute approximate surface area is 64.2 Å². The predicted octanol–water partition coefficient (Wildman–Crippen LogP) is 0.882. The first-order chi connectivity index (χ1) is 5.07. The molecule has 0 aliphatic carbocycles. The molecule has 0 spiro atoms. The first-order valence-electron chi connectivity index (χ1n) is 3.22. The third-order valence-corrected chi connectivity index (χ3v) is 1.07. The molecule has 0 aromatic carbocycles. The zero-order chi connectivity index (χ0) is 8.85. The summed E-state index contributed by atoms with van der Waals surface area (Å²) in [4.78, 5) is 20.4. The maximum absolute atomic E-state index is 10.3. The summed E-state index contributed by atoms with van der Waals surface area (Å²) in [6.45, 7) is 1.75. The number of carboxylic acid groups (broad SMARTS) is 2. The molecule has 0 aromatic rings. The number of carboxylic acids is 2. The molecule has 0 aliphatic heterocycles. The van der Waals surface area contributed by atoms with Crippen LogP contribution in [0.15, 0.2) is 11.6 Å². The SMILES string of the molecule is CC/C=C(/CC(=O)O)C(=O)O. The summed E-state index contributed by atoms with van der Waals surface area (Å²) in [7, 11) is 0. The van der Waals surface area contributed by atoms with Crippen molar-refractivity contribution in [1.82, 2.24) is 0 Å². The van der Waals surface area contributed by atoms with Gasteiger partial charge >= 0.3 is 11.9 Å². The standard InChI is InChI=1S/C7H10O4/c1-2-3-5(7(10)11)4-6(8)9/h3H,2,4H2,1H3,(H,8,9)(H,10,11)/b5-3-. The average molecular weight is 158 g/mol. The third-order valence-electron chi connectivity index (χ3n) is 1.07. The summed E-state index contributed by atoms with van der Waals surface area (Å²) < 4.78 is 0. The van der Waals surface area contributed by atoms with Crippen molar-refractivity contribution in [3.05, 3.63) is 11.6 Å². The van der Waals surface area contributed by atoms with Gasteiger partial charge in [0, 0.05) is 5.57 Å². The highest BCUT2D eigenvalue weighted by Gasteiger charge is 2.09. The summed E-state index contributed by atoms with van der Waals surface area (Å²) in [5.74, 6) is -2.28. The Kier molecular flexibility index (Phi) is 3.95. The monoisotopic (exact) mass is 158 g/mol. The third kappa shape index (κ3) is 4.13. The summed E-state index contributed by atoms with van der Waals surface area (Å²) in [5, 5.41) is 16.7. The van der Waals surface area contributed by atoms with E-state index in [1.807, 2.05) is 0 Å². The molecule has 0 saturated heterocycles. The Morgan fingerprint density at radius 1 is 1.36 bits per heavy atom. The van der Waals surface area contributed by atoms with E-state index in [-0.39, 0.29) is 5.57 Å². The fourth-order valence-corrected chi connectivity index (χ4v) is 0.644. The first kappa shape index (κ1) is 9.68. The molecule has 0 saturated carbocycles. The number of allylic oxidation sites excluding steroid dienone is 1. The van der Waals surface area contributed by atoms with Crippen molar-refractivity contribution in [1.29, 1.82) is 0 Å². The van der Waals surface area contributed by atoms with E-state index in [4.69, 9.17) is 10.2 Å². The van der Waals surface area contributed by atoms with Crippen molar-refractivity contribution in [3.63, 3.8) is 0 Å². The lowest BCUT2D eigenvalue weighted by Gasteiger charge is -1.95. The van der Waals surface area contributed by atoms with E-state index in [1.54, 1.807) is 6.92 Å². The molecule has 0 bridgehead atoms. The average Bonchev–Trinajstić information content (AvgIpc) is 1.86. The van der Waals surface area contributed by atoms with Crippen LogP contribution in [-0.4, -0.2) is 22.2 Å². The minimum Gasteiger partial charge on any atom is -0.481 e. The normalized spacial score (nSPS) is 11.2. The van der Waals surface area contributed by atoms with E-state index >= 15 is 0 Å². The molecule has 4 heteroatoms. The molecule has 11 heavy (non-hydrogen) atoms. The van der Waals surface area contributed by atoms with Gasteiger partial charge in [-0.3, -0.25) is 4.79 Å². The number of hydrogen-bond acceptors (Lipinski definition) is 2. The maximum Gasteiger partial charge on any atom is 0.331 e. The van der Waals surface area contributed by atoms with Crippen LogP contribution >= 0.6 is 0 Å². The molecule has 0 fully saturated rings. The fourth-order valence-electron chi connectivity index (χ4n) is 0.644. The van der Waals surface area contributed by atoms with Gasteiger partial charge in [0.05, 0.1) is 6.42 Å². The van der Waals surface area contributed by atoms with Crippen molar-refractivity contribution in [2.75, 3.05) is 0 Å². The molecule has 0 atom stereocenters. The van der Waals surface area contributed by atoms with Gasteiger partial charge in [-0.25, -0.2) is 4.79 Å². The van der Waals surface area contributed by atoms with Crippen LogP contribution in [0.4, 0.5) is 0 Å². The molecule has 2 N–H and O–H groups in total.